The van der Waals surface area contributed by atoms with Crippen LogP contribution in [0.1, 0.15) is 45.7 Å². The van der Waals surface area contributed by atoms with Crippen LogP contribution in [0.5, 0.6) is 0 Å². The molecule has 1 aromatic carbocycles. The van der Waals surface area contributed by atoms with Crippen molar-refractivity contribution < 1.29 is 4.79 Å². The van der Waals surface area contributed by atoms with Gasteiger partial charge in [0.25, 0.3) is 0 Å². The van der Waals surface area contributed by atoms with E-state index in [1.165, 1.54) is 5.56 Å². The molecule has 1 aromatic rings. The molecule has 0 bridgehead atoms. The van der Waals surface area contributed by atoms with E-state index in [4.69, 9.17) is 0 Å². The second kappa shape index (κ2) is 4.65. The van der Waals surface area contributed by atoms with Gasteiger partial charge in [0.05, 0.1) is 0 Å². The van der Waals surface area contributed by atoms with E-state index in [0.717, 1.165) is 23.0 Å². The molecule has 0 atom stereocenters. The molecule has 0 amide bonds. The lowest BCUT2D eigenvalue weighted by molar-refractivity contribution is -0.104. The lowest BCUT2D eigenvalue weighted by Crippen LogP contribution is -2.10. The van der Waals surface area contributed by atoms with Crippen molar-refractivity contribution in [3.8, 4) is 0 Å². The number of rotatable bonds is 2. The van der Waals surface area contributed by atoms with Gasteiger partial charge in [-0.1, -0.05) is 45.0 Å². The van der Waals surface area contributed by atoms with Crippen LogP contribution < -0.4 is 0 Å². The summed E-state index contributed by atoms with van der Waals surface area (Å²) >= 11 is 0. The van der Waals surface area contributed by atoms with Crippen LogP contribution in [-0.4, -0.2) is 6.29 Å². The maximum absolute atomic E-state index is 10.7. The summed E-state index contributed by atoms with van der Waals surface area (Å²) in [6.07, 6.45) is 0.910. The van der Waals surface area contributed by atoms with Crippen molar-refractivity contribution in [1.29, 1.82) is 0 Å². The molecule has 0 heterocycles. The first kappa shape index (κ1) is 12.7. The third-order valence-corrected chi connectivity index (χ3v) is 2.95. The first-order valence-electron chi connectivity index (χ1n) is 5.60. The van der Waals surface area contributed by atoms with Gasteiger partial charge in [0.1, 0.15) is 6.29 Å². The number of hydrogen-bond donors (Lipinski definition) is 0. The molecular formula is C15H20O. The quantitative estimate of drug-likeness (QED) is 0.540. The molecular weight excluding hydrogens is 196 g/mol. The fourth-order valence-electron chi connectivity index (χ4n) is 1.54. The highest BCUT2D eigenvalue weighted by Crippen LogP contribution is 2.24. The summed E-state index contributed by atoms with van der Waals surface area (Å²) in [6, 6.07) is 8.44. The zero-order valence-electron chi connectivity index (χ0n) is 10.8. The second-order valence-electron chi connectivity index (χ2n) is 5.25. The van der Waals surface area contributed by atoms with Crippen LogP contribution in [0.4, 0.5) is 0 Å². The zero-order chi connectivity index (χ0) is 12.3. The van der Waals surface area contributed by atoms with Gasteiger partial charge >= 0.3 is 0 Å². The predicted molar refractivity (Wildman–Crippen MR) is 69.5 cm³/mol. The van der Waals surface area contributed by atoms with Crippen LogP contribution >= 0.6 is 0 Å². The van der Waals surface area contributed by atoms with Gasteiger partial charge in [-0.05, 0) is 41.5 Å². The van der Waals surface area contributed by atoms with E-state index >= 15 is 0 Å². The number of allylic oxidation sites excluding steroid dienone is 2. The van der Waals surface area contributed by atoms with Gasteiger partial charge in [-0.3, -0.25) is 4.79 Å². The number of benzene rings is 1. The lowest BCUT2D eigenvalue weighted by atomic mass is 9.86. The summed E-state index contributed by atoms with van der Waals surface area (Å²) in [5.41, 5.74) is 4.46. The van der Waals surface area contributed by atoms with E-state index in [2.05, 4.69) is 45.0 Å². The van der Waals surface area contributed by atoms with Crippen LogP contribution in [0.15, 0.2) is 29.8 Å². The minimum Gasteiger partial charge on any atom is -0.298 e. The van der Waals surface area contributed by atoms with Gasteiger partial charge in [0.15, 0.2) is 0 Å². The smallest absolute Gasteiger partial charge is 0.146 e. The lowest BCUT2D eigenvalue weighted by Gasteiger charge is -2.19. The molecule has 0 unspecified atom stereocenters. The maximum Gasteiger partial charge on any atom is 0.146 e. The Labute approximate surface area is 98.2 Å². The number of hydrogen-bond acceptors (Lipinski definition) is 1. The Balaban J connectivity index is 3.10. The Morgan fingerprint density at radius 2 is 1.56 bits per heavy atom. The van der Waals surface area contributed by atoms with E-state index < -0.39 is 0 Å². The summed E-state index contributed by atoms with van der Waals surface area (Å²) in [5, 5.41) is 0. The molecule has 1 rings (SSSR count). The second-order valence-corrected chi connectivity index (χ2v) is 5.25. The van der Waals surface area contributed by atoms with E-state index in [1.54, 1.807) is 0 Å². The van der Waals surface area contributed by atoms with Crippen molar-refractivity contribution in [3.63, 3.8) is 0 Å². The Morgan fingerprint density at radius 3 is 1.94 bits per heavy atom. The van der Waals surface area contributed by atoms with Crippen molar-refractivity contribution >= 4 is 11.9 Å². The van der Waals surface area contributed by atoms with Crippen LogP contribution in [0, 0.1) is 0 Å². The molecule has 0 radical (unpaired) electrons. The highest BCUT2D eigenvalue weighted by molar-refractivity contribution is 5.86. The molecule has 0 aliphatic heterocycles. The molecule has 0 saturated carbocycles. The van der Waals surface area contributed by atoms with E-state index in [1.807, 2.05) is 13.8 Å². The van der Waals surface area contributed by atoms with Crippen molar-refractivity contribution in [2.75, 3.05) is 0 Å². The molecule has 0 N–H and O–H groups in total. The van der Waals surface area contributed by atoms with Crippen molar-refractivity contribution in [3.05, 3.63) is 41.0 Å². The highest BCUT2D eigenvalue weighted by Gasteiger charge is 2.13. The van der Waals surface area contributed by atoms with Gasteiger partial charge in [0, 0.05) is 0 Å². The molecule has 0 aliphatic rings. The van der Waals surface area contributed by atoms with Crippen molar-refractivity contribution in [2.24, 2.45) is 0 Å². The fourth-order valence-corrected chi connectivity index (χ4v) is 1.54. The molecule has 86 valence electrons. The number of carbonyl (C=O) groups excluding carboxylic acids is 1. The van der Waals surface area contributed by atoms with E-state index in [-0.39, 0.29) is 5.41 Å². The standard InChI is InChI=1S/C15H20O/c1-11(10-16)12(2)13-6-8-14(9-7-13)15(3,4)5/h6-10H,1-5H3. The molecule has 16 heavy (non-hydrogen) atoms. The van der Waals surface area contributed by atoms with Gasteiger partial charge in [-0.25, -0.2) is 0 Å². The monoisotopic (exact) mass is 216 g/mol. The number of carbonyl (C=O) groups is 1. The third kappa shape index (κ3) is 2.82. The molecule has 1 nitrogen and oxygen atoms in total. The predicted octanol–water partition coefficient (Wildman–Crippen LogP) is 3.98. The first-order valence-corrected chi connectivity index (χ1v) is 5.60. The molecule has 0 fully saturated rings. The topological polar surface area (TPSA) is 17.1 Å². The van der Waals surface area contributed by atoms with Gasteiger partial charge in [-0.15, -0.1) is 0 Å². The number of aldehydes is 1. The molecule has 0 aliphatic carbocycles. The molecule has 1 heteroatoms. The van der Waals surface area contributed by atoms with Crippen LogP contribution in [0.25, 0.3) is 5.57 Å². The summed E-state index contributed by atoms with van der Waals surface area (Å²) in [5.74, 6) is 0. The molecule has 0 spiro atoms. The van der Waals surface area contributed by atoms with E-state index in [0.29, 0.717) is 0 Å². The first-order chi connectivity index (χ1) is 7.36. The van der Waals surface area contributed by atoms with Gasteiger partial charge in [0.2, 0.25) is 0 Å². The van der Waals surface area contributed by atoms with Crippen molar-refractivity contribution in [1.82, 2.24) is 0 Å². The summed E-state index contributed by atoms with van der Waals surface area (Å²) in [4.78, 5) is 10.7. The van der Waals surface area contributed by atoms with Gasteiger partial charge in [-0.2, -0.15) is 0 Å². The molecule has 0 aromatic heterocycles. The minimum atomic E-state index is 0.176. The minimum absolute atomic E-state index is 0.176. The Kier molecular flexibility index (Phi) is 3.69. The van der Waals surface area contributed by atoms with E-state index in [9.17, 15) is 4.79 Å². The Morgan fingerprint density at radius 1 is 1.06 bits per heavy atom. The van der Waals surface area contributed by atoms with Crippen LogP contribution in [-0.2, 0) is 10.2 Å². The average molecular weight is 216 g/mol. The summed E-state index contributed by atoms with van der Waals surface area (Å²) < 4.78 is 0. The zero-order valence-corrected chi connectivity index (χ0v) is 10.8. The highest BCUT2D eigenvalue weighted by atomic mass is 16.1. The maximum atomic E-state index is 10.7. The normalized spacial score (nSPS) is 13.3. The summed E-state index contributed by atoms with van der Waals surface area (Å²) in [6.45, 7) is 10.4. The van der Waals surface area contributed by atoms with Gasteiger partial charge < -0.3 is 0 Å². The SMILES string of the molecule is CC(C=O)=C(C)c1ccc(C(C)(C)C)cc1. The van der Waals surface area contributed by atoms with Crippen LogP contribution in [0.3, 0.4) is 0 Å². The Bertz CT molecular complexity index is 402. The Hall–Kier alpha value is -1.37. The fraction of sp³-hybridized carbons (Fsp3) is 0.400. The average Bonchev–Trinajstić information content (AvgIpc) is 2.26. The molecule has 0 saturated heterocycles. The largest absolute Gasteiger partial charge is 0.298 e. The van der Waals surface area contributed by atoms with Crippen molar-refractivity contribution in [2.45, 2.75) is 40.0 Å². The summed E-state index contributed by atoms with van der Waals surface area (Å²) in [7, 11) is 0. The van der Waals surface area contributed by atoms with Crippen LogP contribution in [0.2, 0.25) is 0 Å². The third-order valence-electron chi connectivity index (χ3n) is 2.95.